The van der Waals surface area contributed by atoms with Gasteiger partial charge in [-0.15, -0.1) is 0 Å². The van der Waals surface area contributed by atoms with Crippen LogP contribution in [0.15, 0.2) is 22.6 Å². The van der Waals surface area contributed by atoms with Crippen LogP contribution in [0.2, 0.25) is 0 Å². The second kappa shape index (κ2) is 7.81. The average Bonchev–Trinajstić information content (AvgIpc) is 3.07. The highest BCUT2D eigenvalue weighted by molar-refractivity contribution is 5.97. The van der Waals surface area contributed by atoms with E-state index < -0.39 is 0 Å². The second-order valence-electron chi connectivity index (χ2n) is 6.93. The van der Waals surface area contributed by atoms with Crippen molar-refractivity contribution in [3.63, 3.8) is 0 Å². The van der Waals surface area contributed by atoms with Gasteiger partial charge in [0.25, 0.3) is 5.91 Å². The molecule has 1 aromatic heterocycles. The lowest BCUT2D eigenvalue weighted by Crippen LogP contribution is -2.36. The summed E-state index contributed by atoms with van der Waals surface area (Å²) in [5.74, 6) is 3.22. The monoisotopic (exact) mass is 358 g/mol. The van der Waals surface area contributed by atoms with E-state index >= 15 is 0 Å². The third-order valence-electron chi connectivity index (χ3n) is 4.63. The normalized spacial score (nSPS) is 13.7. The Morgan fingerprint density at radius 1 is 1.31 bits per heavy atom. The highest BCUT2D eigenvalue weighted by Crippen LogP contribution is 2.32. The highest BCUT2D eigenvalue weighted by atomic mass is 16.5. The number of carbonyl (C=O) groups excluding carboxylic acids is 1. The molecule has 0 aliphatic carbocycles. The Morgan fingerprint density at radius 2 is 2.12 bits per heavy atom. The molecule has 26 heavy (non-hydrogen) atoms. The number of hydrogen-bond acceptors (Lipinski definition) is 5. The molecule has 0 bridgehead atoms. The molecule has 0 saturated heterocycles. The number of para-hydroxylation sites is 1. The zero-order chi connectivity index (χ0) is 18.7. The maximum Gasteiger partial charge on any atom is 0.258 e. The summed E-state index contributed by atoms with van der Waals surface area (Å²) in [6.45, 7) is 5.43. The van der Waals surface area contributed by atoms with Crippen LogP contribution in [-0.2, 0) is 19.4 Å². The highest BCUT2D eigenvalue weighted by Gasteiger charge is 2.28. The molecule has 3 rings (SSSR count). The summed E-state index contributed by atoms with van der Waals surface area (Å²) in [6.07, 6.45) is 2.56. The van der Waals surface area contributed by atoms with Crippen molar-refractivity contribution in [3.05, 3.63) is 41.1 Å². The number of carbonyl (C=O) groups is 1. The molecule has 1 aromatic carbocycles. The van der Waals surface area contributed by atoms with Crippen LogP contribution in [0.25, 0.3) is 0 Å². The molecule has 6 nitrogen and oxygen atoms in total. The molecular formula is C20H26N2O4. The third-order valence-corrected chi connectivity index (χ3v) is 4.63. The number of methoxy groups -OCH3 is 2. The van der Waals surface area contributed by atoms with Crippen molar-refractivity contribution in [3.8, 4) is 11.5 Å². The molecule has 0 unspecified atom stereocenters. The van der Waals surface area contributed by atoms with Gasteiger partial charge in [-0.05, 0) is 24.5 Å². The number of ether oxygens (including phenoxy) is 2. The molecule has 0 atom stereocenters. The Morgan fingerprint density at radius 3 is 2.81 bits per heavy atom. The fraction of sp³-hybridized carbons (Fsp3) is 0.500. The minimum atomic E-state index is -0.0851. The largest absolute Gasteiger partial charge is 0.493 e. The van der Waals surface area contributed by atoms with E-state index in [2.05, 4.69) is 18.8 Å². The summed E-state index contributed by atoms with van der Waals surface area (Å²) < 4.78 is 16.6. The molecule has 2 aromatic rings. The molecule has 1 aliphatic heterocycles. The van der Waals surface area contributed by atoms with Gasteiger partial charge in [0, 0.05) is 19.4 Å². The summed E-state index contributed by atoms with van der Waals surface area (Å²) >= 11 is 0. The summed E-state index contributed by atoms with van der Waals surface area (Å²) in [5.41, 5.74) is 1.36. The summed E-state index contributed by atoms with van der Waals surface area (Å²) in [7, 11) is 3.11. The van der Waals surface area contributed by atoms with Crippen LogP contribution in [0.4, 0.5) is 0 Å². The van der Waals surface area contributed by atoms with E-state index in [0.29, 0.717) is 42.5 Å². The Hall–Kier alpha value is -2.50. The maximum absolute atomic E-state index is 13.0. The Kier molecular flexibility index (Phi) is 5.49. The van der Waals surface area contributed by atoms with E-state index in [0.717, 1.165) is 30.2 Å². The molecule has 0 fully saturated rings. The van der Waals surface area contributed by atoms with Crippen molar-refractivity contribution in [1.29, 1.82) is 0 Å². The quantitative estimate of drug-likeness (QED) is 0.791. The Labute approximate surface area is 154 Å². The summed E-state index contributed by atoms with van der Waals surface area (Å²) in [5, 5.41) is 0. The van der Waals surface area contributed by atoms with Crippen LogP contribution in [0.5, 0.6) is 11.5 Å². The van der Waals surface area contributed by atoms with E-state index in [1.165, 1.54) is 0 Å². The van der Waals surface area contributed by atoms with E-state index in [9.17, 15) is 4.79 Å². The molecule has 1 aliphatic rings. The molecule has 0 N–H and O–H groups in total. The summed E-state index contributed by atoms with van der Waals surface area (Å²) in [6, 6.07) is 5.34. The predicted molar refractivity (Wildman–Crippen MR) is 97.7 cm³/mol. The van der Waals surface area contributed by atoms with Gasteiger partial charge in [-0.3, -0.25) is 4.79 Å². The van der Waals surface area contributed by atoms with Crippen LogP contribution in [-0.4, -0.2) is 36.6 Å². The molecule has 1 amide bonds. The topological polar surface area (TPSA) is 64.8 Å². The van der Waals surface area contributed by atoms with Crippen LogP contribution >= 0.6 is 0 Å². The van der Waals surface area contributed by atoms with Crippen molar-refractivity contribution in [2.24, 2.45) is 5.92 Å². The van der Waals surface area contributed by atoms with Crippen LogP contribution in [0.3, 0.4) is 0 Å². The Balaban J connectivity index is 1.77. The summed E-state index contributed by atoms with van der Waals surface area (Å²) in [4.78, 5) is 19.4. The Bertz CT molecular complexity index is 782. The third kappa shape index (κ3) is 3.69. The van der Waals surface area contributed by atoms with E-state index in [4.69, 9.17) is 13.9 Å². The predicted octanol–water partition coefficient (Wildman–Crippen LogP) is 3.48. The zero-order valence-electron chi connectivity index (χ0n) is 15.9. The average molecular weight is 358 g/mol. The number of nitrogens with zero attached hydrogens (tertiary/aromatic N) is 2. The number of fused-ring (bicyclic) bond motifs is 1. The van der Waals surface area contributed by atoms with Crippen molar-refractivity contribution in [2.75, 3.05) is 20.8 Å². The van der Waals surface area contributed by atoms with Crippen LogP contribution in [0, 0.1) is 5.92 Å². The van der Waals surface area contributed by atoms with Crippen molar-refractivity contribution < 1.29 is 18.7 Å². The fourth-order valence-corrected chi connectivity index (χ4v) is 3.17. The number of rotatable bonds is 6. The van der Waals surface area contributed by atoms with Gasteiger partial charge < -0.3 is 18.8 Å². The van der Waals surface area contributed by atoms with Gasteiger partial charge in [-0.2, -0.15) is 0 Å². The van der Waals surface area contributed by atoms with Crippen molar-refractivity contribution >= 4 is 5.91 Å². The number of aryl methyl sites for hydroxylation is 1. The molecular weight excluding hydrogens is 332 g/mol. The minimum absolute atomic E-state index is 0.0851. The van der Waals surface area contributed by atoms with Gasteiger partial charge in [0.2, 0.25) is 0 Å². The molecule has 2 heterocycles. The maximum atomic E-state index is 13.0. The lowest BCUT2D eigenvalue weighted by atomic mass is 10.1. The lowest BCUT2D eigenvalue weighted by Gasteiger charge is -2.26. The first kappa shape index (κ1) is 18.3. The second-order valence-corrected chi connectivity index (χ2v) is 6.93. The molecule has 6 heteroatoms. The van der Waals surface area contributed by atoms with Gasteiger partial charge >= 0.3 is 0 Å². The fourth-order valence-electron chi connectivity index (χ4n) is 3.17. The van der Waals surface area contributed by atoms with Crippen LogP contribution in [0.1, 0.15) is 48.0 Å². The first-order valence-corrected chi connectivity index (χ1v) is 9.01. The standard InChI is InChI=1S/C20H26N2O4/c1-13(2)8-9-18-21-15-12-22(11-10-16(15)26-18)20(23)14-6-5-7-17(24-3)19(14)25-4/h5-7,13H,8-12H2,1-4H3. The number of aromatic nitrogens is 1. The van der Waals surface area contributed by atoms with E-state index in [1.807, 2.05) is 0 Å². The van der Waals surface area contributed by atoms with Crippen molar-refractivity contribution in [1.82, 2.24) is 9.88 Å². The lowest BCUT2D eigenvalue weighted by molar-refractivity contribution is 0.0723. The first-order chi connectivity index (χ1) is 12.5. The van der Waals surface area contributed by atoms with Gasteiger partial charge in [0.05, 0.1) is 26.3 Å². The zero-order valence-corrected chi connectivity index (χ0v) is 15.9. The van der Waals surface area contributed by atoms with Gasteiger partial charge in [0.1, 0.15) is 11.5 Å². The molecule has 0 spiro atoms. The smallest absolute Gasteiger partial charge is 0.258 e. The number of hydrogen-bond donors (Lipinski definition) is 0. The number of benzene rings is 1. The first-order valence-electron chi connectivity index (χ1n) is 9.01. The molecule has 140 valence electrons. The number of oxazole rings is 1. The van der Waals surface area contributed by atoms with Gasteiger partial charge in [-0.1, -0.05) is 19.9 Å². The van der Waals surface area contributed by atoms with E-state index in [-0.39, 0.29) is 5.91 Å². The van der Waals surface area contributed by atoms with Crippen LogP contribution < -0.4 is 9.47 Å². The van der Waals surface area contributed by atoms with Gasteiger partial charge in [0.15, 0.2) is 17.4 Å². The molecule has 0 radical (unpaired) electrons. The van der Waals surface area contributed by atoms with Crippen molar-refractivity contribution in [2.45, 2.75) is 39.7 Å². The number of amides is 1. The SMILES string of the molecule is COc1cccc(C(=O)N2CCc3oc(CCC(C)C)nc3C2)c1OC. The minimum Gasteiger partial charge on any atom is -0.493 e. The van der Waals surface area contributed by atoms with E-state index in [1.54, 1.807) is 37.3 Å². The molecule has 0 saturated carbocycles. The van der Waals surface area contributed by atoms with Gasteiger partial charge in [-0.25, -0.2) is 4.98 Å².